The van der Waals surface area contributed by atoms with Crippen LogP contribution >= 0.6 is 0 Å². The zero-order valence-electron chi connectivity index (χ0n) is 12.2. The molecular weight excluding hydrogens is 280 g/mol. The lowest BCUT2D eigenvalue weighted by Crippen LogP contribution is -2.52. The number of anilines is 1. The molecule has 4 rings (SSSR count). The maximum Gasteiger partial charge on any atom is 0.269 e. The number of hydrogen-bond acceptors (Lipinski definition) is 5. The van der Waals surface area contributed by atoms with Gasteiger partial charge in [0.2, 0.25) is 0 Å². The maximum absolute atomic E-state index is 11.8. The number of nitrogens with zero attached hydrogens (tertiary/aromatic N) is 4. The maximum atomic E-state index is 11.8. The number of carbonyl (C=O) groups is 1. The van der Waals surface area contributed by atoms with Crippen molar-refractivity contribution in [2.75, 3.05) is 24.5 Å². The fourth-order valence-corrected chi connectivity index (χ4v) is 2.70. The SMILES string of the molecule is O=C(NCC1CN(c2ccc(C3CC3)nn2)C1)c1cnc[nH]1. The molecule has 2 N–H and O–H groups in total. The second kappa shape index (κ2) is 5.40. The predicted octanol–water partition coefficient (Wildman–Crippen LogP) is 0.943. The lowest BCUT2D eigenvalue weighted by molar-refractivity contribution is 0.0940. The van der Waals surface area contributed by atoms with Crippen LogP contribution < -0.4 is 10.2 Å². The van der Waals surface area contributed by atoms with Crippen molar-refractivity contribution in [3.05, 3.63) is 36.0 Å². The molecule has 1 saturated heterocycles. The number of hydrogen-bond donors (Lipinski definition) is 2. The Kier molecular flexibility index (Phi) is 3.25. The van der Waals surface area contributed by atoms with Crippen molar-refractivity contribution in [2.24, 2.45) is 5.92 Å². The fraction of sp³-hybridized carbons (Fsp3) is 0.467. The van der Waals surface area contributed by atoms with E-state index in [4.69, 9.17) is 0 Å². The summed E-state index contributed by atoms with van der Waals surface area (Å²) in [4.78, 5) is 20.6. The Morgan fingerprint density at radius 2 is 2.18 bits per heavy atom. The van der Waals surface area contributed by atoms with E-state index < -0.39 is 0 Å². The summed E-state index contributed by atoms with van der Waals surface area (Å²) in [5.41, 5.74) is 1.62. The van der Waals surface area contributed by atoms with Gasteiger partial charge in [0.25, 0.3) is 5.91 Å². The van der Waals surface area contributed by atoms with E-state index >= 15 is 0 Å². The quantitative estimate of drug-likeness (QED) is 0.858. The van der Waals surface area contributed by atoms with Crippen LogP contribution in [-0.4, -0.2) is 45.7 Å². The molecule has 0 atom stereocenters. The molecule has 114 valence electrons. The first-order chi connectivity index (χ1) is 10.8. The number of aromatic nitrogens is 4. The topological polar surface area (TPSA) is 86.8 Å². The molecule has 7 nitrogen and oxygen atoms in total. The summed E-state index contributed by atoms with van der Waals surface area (Å²) in [6, 6.07) is 4.15. The van der Waals surface area contributed by atoms with E-state index in [9.17, 15) is 4.79 Å². The minimum Gasteiger partial charge on any atom is -0.354 e. The molecule has 2 aromatic heterocycles. The molecule has 2 fully saturated rings. The molecule has 0 unspecified atom stereocenters. The number of H-pyrrole nitrogens is 1. The molecule has 7 heteroatoms. The highest BCUT2D eigenvalue weighted by Gasteiger charge is 2.29. The molecule has 2 aromatic rings. The van der Waals surface area contributed by atoms with Crippen LogP contribution in [0, 0.1) is 5.92 Å². The molecule has 0 aromatic carbocycles. The van der Waals surface area contributed by atoms with Crippen LogP contribution in [0.1, 0.15) is 34.9 Å². The Labute approximate surface area is 128 Å². The molecule has 3 heterocycles. The zero-order valence-corrected chi connectivity index (χ0v) is 12.2. The van der Waals surface area contributed by atoms with E-state index in [2.05, 4.69) is 42.5 Å². The van der Waals surface area contributed by atoms with Gasteiger partial charge in [-0.25, -0.2) is 4.98 Å². The second-order valence-electron chi connectivity index (χ2n) is 6.04. The normalized spacial score (nSPS) is 18.1. The fourth-order valence-electron chi connectivity index (χ4n) is 2.70. The molecule has 0 bridgehead atoms. The molecule has 1 amide bonds. The van der Waals surface area contributed by atoms with Crippen molar-refractivity contribution in [2.45, 2.75) is 18.8 Å². The van der Waals surface area contributed by atoms with Crippen molar-refractivity contribution < 1.29 is 4.79 Å². The van der Waals surface area contributed by atoms with Crippen molar-refractivity contribution in [1.82, 2.24) is 25.5 Å². The van der Waals surface area contributed by atoms with Gasteiger partial charge < -0.3 is 15.2 Å². The Hall–Kier alpha value is -2.44. The van der Waals surface area contributed by atoms with Crippen molar-refractivity contribution in [1.29, 1.82) is 0 Å². The Balaban J connectivity index is 1.24. The number of imidazole rings is 1. The van der Waals surface area contributed by atoms with Gasteiger partial charge in [0, 0.05) is 31.5 Å². The third-order valence-electron chi connectivity index (χ3n) is 4.24. The molecule has 0 radical (unpaired) electrons. The van der Waals surface area contributed by atoms with E-state index in [0.717, 1.165) is 24.6 Å². The molecular formula is C15H18N6O. The minimum absolute atomic E-state index is 0.107. The van der Waals surface area contributed by atoms with Crippen LogP contribution in [0.15, 0.2) is 24.7 Å². The van der Waals surface area contributed by atoms with Crippen molar-refractivity contribution in [3.63, 3.8) is 0 Å². The van der Waals surface area contributed by atoms with Crippen LogP contribution in [-0.2, 0) is 0 Å². The van der Waals surface area contributed by atoms with Gasteiger partial charge in [0.05, 0.1) is 18.2 Å². The third-order valence-corrected chi connectivity index (χ3v) is 4.24. The van der Waals surface area contributed by atoms with Crippen molar-refractivity contribution >= 4 is 11.7 Å². The average Bonchev–Trinajstić information content (AvgIpc) is 3.20. The summed E-state index contributed by atoms with van der Waals surface area (Å²) in [7, 11) is 0. The first-order valence-corrected chi connectivity index (χ1v) is 7.65. The third kappa shape index (κ3) is 2.66. The summed E-state index contributed by atoms with van der Waals surface area (Å²) in [6.45, 7) is 2.48. The van der Waals surface area contributed by atoms with Gasteiger partial charge in [-0.15, -0.1) is 5.10 Å². The average molecular weight is 298 g/mol. The lowest BCUT2D eigenvalue weighted by Gasteiger charge is -2.39. The van der Waals surface area contributed by atoms with Crippen LogP contribution in [0.5, 0.6) is 0 Å². The highest BCUT2D eigenvalue weighted by molar-refractivity contribution is 5.91. The smallest absolute Gasteiger partial charge is 0.269 e. The van der Waals surface area contributed by atoms with E-state index in [1.54, 1.807) is 0 Å². The number of rotatable bonds is 5. The van der Waals surface area contributed by atoms with Gasteiger partial charge in [0.1, 0.15) is 5.69 Å². The summed E-state index contributed by atoms with van der Waals surface area (Å²) < 4.78 is 0. The highest BCUT2D eigenvalue weighted by atomic mass is 16.1. The van der Waals surface area contributed by atoms with Gasteiger partial charge in [-0.3, -0.25) is 4.79 Å². The highest BCUT2D eigenvalue weighted by Crippen LogP contribution is 2.38. The molecule has 0 spiro atoms. The molecule has 22 heavy (non-hydrogen) atoms. The number of aromatic amines is 1. The van der Waals surface area contributed by atoms with E-state index in [1.807, 2.05) is 0 Å². The monoisotopic (exact) mass is 298 g/mol. The Morgan fingerprint density at radius 3 is 2.82 bits per heavy atom. The molecule has 2 aliphatic rings. The predicted molar refractivity (Wildman–Crippen MR) is 80.6 cm³/mol. The Morgan fingerprint density at radius 1 is 1.32 bits per heavy atom. The van der Waals surface area contributed by atoms with Gasteiger partial charge in [-0.2, -0.15) is 5.10 Å². The Bertz CT molecular complexity index is 643. The summed E-state index contributed by atoms with van der Waals surface area (Å²) in [5.74, 6) is 1.92. The second-order valence-corrected chi connectivity index (χ2v) is 6.04. The largest absolute Gasteiger partial charge is 0.354 e. The van der Waals surface area contributed by atoms with Crippen molar-refractivity contribution in [3.8, 4) is 0 Å². The summed E-state index contributed by atoms with van der Waals surface area (Å²) >= 11 is 0. The van der Waals surface area contributed by atoms with E-state index in [-0.39, 0.29) is 5.91 Å². The summed E-state index contributed by atoms with van der Waals surface area (Å²) in [5, 5.41) is 11.5. The minimum atomic E-state index is -0.107. The number of carbonyl (C=O) groups excluding carboxylic acids is 1. The van der Waals surface area contributed by atoms with Gasteiger partial charge in [-0.05, 0) is 25.0 Å². The first kappa shape index (κ1) is 13.2. The zero-order chi connectivity index (χ0) is 14.9. The van der Waals surface area contributed by atoms with Gasteiger partial charge in [0.15, 0.2) is 5.82 Å². The van der Waals surface area contributed by atoms with Crippen LogP contribution in [0.25, 0.3) is 0 Å². The van der Waals surface area contributed by atoms with E-state index in [1.165, 1.54) is 25.4 Å². The summed E-state index contributed by atoms with van der Waals surface area (Å²) in [6.07, 6.45) is 5.52. The molecule has 1 aliphatic heterocycles. The first-order valence-electron chi connectivity index (χ1n) is 7.65. The standard InChI is InChI=1S/C15H18N6O/c22-15(13-6-16-9-18-13)17-5-10-7-21(8-10)14-4-3-12(19-20-14)11-1-2-11/h3-4,6,9-11H,1-2,5,7-8H2,(H,16,18)(H,17,22). The van der Waals surface area contributed by atoms with Crippen LogP contribution in [0.4, 0.5) is 5.82 Å². The van der Waals surface area contributed by atoms with Crippen LogP contribution in [0.2, 0.25) is 0 Å². The van der Waals surface area contributed by atoms with Crippen LogP contribution in [0.3, 0.4) is 0 Å². The van der Waals surface area contributed by atoms with Gasteiger partial charge in [-0.1, -0.05) is 0 Å². The molecule has 1 aliphatic carbocycles. The van der Waals surface area contributed by atoms with E-state index in [0.29, 0.717) is 24.1 Å². The van der Waals surface area contributed by atoms with Gasteiger partial charge >= 0.3 is 0 Å². The number of amides is 1. The number of nitrogens with one attached hydrogen (secondary N) is 2. The lowest BCUT2D eigenvalue weighted by atomic mass is 10.00. The molecule has 1 saturated carbocycles.